The second-order valence-electron chi connectivity index (χ2n) is 6.46. The molecular weight excluding hydrogens is 361 g/mol. The van der Waals surface area contributed by atoms with Crippen LogP contribution in [0.5, 0.6) is 5.88 Å². The molecule has 0 bridgehead atoms. The molecule has 1 unspecified atom stereocenters. The summed E-state index contributed by atoms with van der Waals surface area (Å²) in [6.07, 6.45) is -0.929. The van der Waals surface area contributed by atoms with E-state index in [2.05, 4.69) is 9.97 Å². The number of benzene rings is 1. The van der Waals surface area contributed by atoms with Crippen molar-refractivity contribution in [2.24, 2.45) is 0 Å². The van der Waals surface area contributed by atoms with Crippen molar-refractivity contribution in [2.75, 3.05) is 32.1 Å². The number of carbonyl (C=O) groups is 1. The number of alkyl halides is 3. The maximum atomic E-state index is 12.6. The lowest BCUT2D eigenvalue weighted by atomic mass is 10.1. The quantitative estimate of drug-likeness (QED) is 0.816. The van der Waals surface area contributed by atoms with Gasteiger partial charge in [0.15, 0.2) is 5.82 Å². The first kappa shape index (κ1) is 18.9. The first-order chi connectivity index (χ1) is 12.7. The van der Waals surface area contributed by atoms with Crippen LogP contribution in [-0.4, -0.2) is 54.1 Å². The Morgan fingerprint density at radius 2 is 1.93 bits per heavy atom. The lowest BCUT2D eigenvalue weighted by molar-refractivity contribution is -0.137. The topological polar surface area (TPSA) is 58.6 Å². The van der Waals surface area contributed by atoms with Crippen molar-refractivity contribution < 1.29 is 22.7 Å². The van der Waals surface area contributed by atoms with Crippen LogP contribution < -0.4 is 9.64 Å². The Balaban J connectivity index is 1.62. The number of rotatable bonds is 4. The minimum Gasteiger partial charge on any atom is -0.471 e. The molecule has 9 heteroatoms. The van der Waals surface area contributed by atoms with Crippen LogP contribution in [0.1, 0.15) is 22.3 Å². The van der Waals surface area contributed by atoms with E-state index in [0.29, 0.717) is 31.2 Å². The van der Waals surface area contributed by atoms with Gasteiger partial charge < -0.3 is 14.5 Å². The van der Waals surface area contributed by atoms with E-state index in [1.807, 2.05) is 14.1 Å². The van der Waals surface area contributed by atoms with Gasteiger partial charge in [-0.1, -0.05) is 0 Å². The number of nitrogens with zero attached hydrogens (tertiary/aromatic N) is 4. The summed E-state index contributed by atoms with van der Waals surface area (Å²) < 4.78 is 43.7. The summed E-state index contributed by atoms with van der Waals surface area (Å²) in [5.74, 6) is 0.709. The van der Waals surface area contributed by atoms with Crippen molar-refractivity contribution in [3.63, 3.8) is 0 Å². The molecule has 1 aliphatic rings. The molecule has 0 aliphatic carbocycles. The van der Waals surface area contributed by atoms with E-state index in [0.717, 1.165) is 12.1 Å². The molecule has 0 saturated carbocycles. The number of hydrogen-bond acceptors (Lipinski definition) is 5. The molecule has 27 heavy (non-hydrogen) atoms. The Morgan fingerprint density at radius 1 is 1.22 bits per heavy atom. The van der Waals surface area contributed by atoms with Gasteiger partial charge in [-0.05, 0) is 24.3 Å². The van der Waals surface area contributed by atoms with Gasteiger partial charge in [0.05, 0.1) is 24.5 Å². The number of hydrogen-bond donors (Lipinski definition) is 0. The standard InChI is InChI=1S/C18H19F3N4O2/c1-24(2)15-9-22-10-16(23-15)27-14-7-8-25(11-14)17(26)12-3-5-13(6-4-12)18(19,20)21/h3-6,9-10,14H,7-8,11H2,1-2H3. The van der Waals surface area contributed by atoms with Gasteiger partial charge in [0.2, 0.25) is 5.88 Å². The van der Waals surface area contributed by atoms with Crippen molar-refractivity contribution >= 4 is 11.7 Å². The Bertz CT molecular complexity index is 809. The third kappa shape index (κ3) is 4.47. The molecule has 3 rings (SSSR count). The molecule has 1 saturated heterocycles. The monoisotopic (exact) mass is 380 g/mol. The highest BCUT2D eigenvalue weighted by Crippen LogP contribution is 2.29. The fourth-order valence-electron chi connectivity index (χ4n) is 2.77. The minimum absolute atomic E-state index is 0.220. The predicted octanol–water partition coefficient (Wildman–Crippen LogP) is 2.85. The SMILES string of the molecule is CN(C)c1cncc(OC2CCN(C(=O)c3ccc(C(F)(F)F)cc3)C2)n1. The average Bonchev–Trinajstić information content (AvgIpc) is 3.09. The number of halogens is 3. The molecule has 2 aromatic rings. The molecule has 1 atom stereocenters. The first-order valence-corrected chi connectivity index (χ1v) is 8.36. The Kier molecular flexibility index (Phi) is 5.20. The van der Waals surface area contributed by atoms with E-state index in [4.69, 9.17) is 4.74 Å². The zero-order chi connectivity index (χ0) is 19.6. The zero-order valence-electron chi connectivity index (χ0n) is 14.9. The molecule has 6 nitrogen and oxygen atoms in total. The highest BCUT2D eigenvalue weighted by atomic mass is 19.4. The number of amides is 1. The second kappa shape index (κ2) is 7.42. The molecule has 1 aromatic heterocycles. The summed E-state index contributed by atoms with van der Waals surface area (Å²) in [5, 5.41) is 0. The van der Waals surface area contributed by atoms with Crippen LogP contribution in [-0.2, 0) is 6.18 Å². The Morgan fingerprint density at radius 3 is 2.56 bits per heavy atom. The minimum atomic E-state index is -4.42. The summed E-state index contributed by atoms with van der Waals surface area (Å²) in [6, 6.07) is 4.23. The summed E-state index contributed by atoms with van der Waals surface area (Å²) in [6.45, 7) is 0.805. The predicted molar refractivity (Wildman–Crippen MR) is 92.7 cm³/mol. The molecule has 2 heterocycles. The van der Waals surface area contributed by atoms with Crippen LogP contribution in [0.25, 0.3) is 0 Å². The normalized spacial score (nSPS) is 17.1. The lowest BCUT2D eigenvalue weighted by Crippen LogP contribution is -2.31. The van der Waals surface area contributed by atoms with Crippen LogP contribution in [0.15, 0.2) is 36.7 Å². The van der Waals surface area contributed by atoms with Gasteiger partial charge in [-0.25, -0.2) is 0 Å². The van der Waals surface area contributed by atoms with Crippen LogP contribution in [0, 0.1) is 0 Å². The smallest absolute Gasteiger partial charge is 0.416 e. The van der Waals surface area contributed by atoms with Gasteiger partial charge in [-0.2, -0.15) is 18.2 Å². The fraction of sp³-hybridized carbons (Fsp3) is 0.389. The number of carbonyl (C=O) groups excluding carboxylic acids is 1. The number of ether oxygens (including phenoxy) is 1. The number of anilines is 1. The van der Waals surface area contributed by atoms with E-state index in [-0.39, 0.29) is 17.6 Å². The van der Waals surface area contributed by atoms with E-state index in [1.54, 1.807) is 16.0 Å². The Hall–Kier alpha value is -2.84. The molecule has 1 aromatic carbocycles. The van der Waals surface area contributed by atoms with Crippen LogP contribution in [0.3, 0.4) is 0 Å². The first-order valence-electron chi connectivity index (χ1n) is 8.36. The number of aromatic nitrogens is 2. The summed E-state index contributed by atoms with van der Waals surface area (Å²) in [7, 11) is 3.68. The third-order valence-electron chi connectivity index (χ3n) is 4.24. The molecule has 0 N–H and O–H groups in total. The summed E-state index contributed by atoms with van der Waals surface area (Å²) in [4.78, 5) is 24.3. The lowest BCUT2D eigenvalue weighted by Gasteiger charge is -2.18. The van der Waals surface area contributed by atoms with E-state index >= 15 is 0 Å². The van der Waals surface area contributed by atoms with Gasteiger partial charge in [0.1, 0.15) is 6.10 Å². The zero-order valence-corrected chi connectivity index (χ0v) is 14.9. The van der Waals surface area contributed by atoms with E-state index in [1.165, 1.54) is 18.3 Å². The van der Waals surface area contributed by atoms with Crippen molar-refractivity contribution in [1.82, 2.24) is 14.9 Å². The van der Waals surface area contributed by atoms with Crippen molar-refractivity contribution in [3.05, 3.63) is 47.8 Å². The van der Waals surface area contributed by atoms with Crippen molar-refractivity contribution in [1.29, 1.82) is 0 Å². The van der Waals surface area contributed by atoms with Gasteiger partial charge in [0, 0.05) is 32.6 Å². The molecule has 1 amide bonds. The van der Waals surface area contributed by atoms with E-state index < -0.39 is 11.7 Å². The second-order valence-corrected chi connectivity index (χ2v) is 6.46. The van der Waals surface area contributed by atoms with Gasteiger partial charge >= 0.3 is 6.18 Å². The summed E-state index contributed by atoms with van der Waals surface area (Å²) in [5.41, 5.74) is -0.556. The maximum absolute atomic E-state index is 12.6. The molecule has 0 radical (unpaired) electrons. The van der Waals surface area contributed by atoms with Crippen molar-refractivity contribution in [2.45, 2.75) is 18.7 Å². The van der Waals surface area contributed by atoms with Crippen molar-refractivity contribution in [3.8, 4) is 5.88 Å². The van der Waals surface area contributed by atoms with Crippen LogP contribution in [0.2, 0.25) is 0 Å². The number of likely N-dealkylation sites (tertiary alicyclic amines) is 1. The van der Waals surface area contributed by atoms with Gasteiger partial charge in [-0.3, -0.25) is 9.78 Å². The van der Waals surface area contributed by atoms with Crippen LogP contribution >= 0.6 is 0 Å². The molecule has 1 aliphatic heterocycles. The molecule has 1 fully saturated rings. The maximum Gasteiger partial charge on any atom is 0.416 e. The molecular formula is C18H19F3N4O2. The van der Waals surface area contributed by atoms with Gasteiger partial charge in [-0.15, -0.1) is 0 Å². The largest absolute Gasteiger partial charge is 0.471 e. The highest BCUT2D eigenvalue weighted by molar-refractivity contribution is 5.94. The van der Waals surface area contributed by atoms with Crippen LogP contribution in [0.4, 0.5) is 19.0 Å². The average molecular weight is 380 g/mol. The van der Waals surface area contributed by atoms with E-state index in [9.17, 15) is 18.0 Å². The fourth-order valence-corrected chi connectivity index (χ4v) is 2.77. The molecule has 0 spiro atoms. The highest BCUT2D eigenvalue weighted by Gasteiger charge is 2.32. The van der Waals surface area contributed by atoms with Gasteiger partial charge in [0.25, 0.3) is 5.91 Å². The molecule has 144 valence electrons. The summed E-state index contributed by atoms with van der Waals surface area (Å²) >= 11 is 0. The third-order valence-corrected chi connectivity index (χ3v) is 4.24. The Labute approximate surface area is 154 Å².